The van der Waals surface area contributed by atoms with Gasteiger partial charge >= 0.3 is 6.18 Å². The summed E-state index contributed by atoms with van der Waals surface area (Å²) in [5.41, 5.74) is 0.0839. The SMILES string of the molecule is O[C@H]([C@H]1CCCCN1)[C@H]1CCNc2c1cccc2C(F)(F)F. The Morgan fingerprint density at radius 1 is 1.14 bits per heavy atom. The first-order valence-corrected chi connectivity index (χ1v) is 7.84. The van der Waals surface area contributed by atoms with Crippen LogP contribution in [0.2, 0.25) is 0 Å². The van der Waals surface area contributed by atoms with Gasteiger partial charge in [-0.3, -0.25) is 0 Å². The number of rotatable bonds is 2. The van der Waals surface area contributed by atoms with Crippen molar-refractivity contribution in [3.8, 4) is 0 Å². The lowest BCUT2D eigenvalue weighted by Crippen LogP contribution is -2.46. The van der Waals surface area contributed by atoms with Crippen molar-refractivity contribution >= 4 is 5.69 Å². The molecule has 0 saturated carbocycles. The largest absolute Gasteiger partial charge is 0.418 e. The van der Waals surface area contributed by atoms with Crippen molar-refractivity contribution in [1.82, 2.24) is 5.32 Å². The molecule has 0 spiro atoms. The summed E-state index contributed by atoms with van der Waals surface area (Å²) in [4.78, 5) is 0. The molecule has 0 radical (unpaired) electrons. The van der Waals surface area contributed by atoms with E-state index in [-0.39, 0.29) is 17.6 Å². The number of fused-ring (bicyclic) bond motifs is 1. The number of halogens is 3. The average Bonchev–Trinajstić information content (AvgIpc) is 2.53. The van der Waals surface area contributed by atoms with Crippen molar-refractivity contribution in [2.45, 2.75) is 49.9 Å². The van der Waals surface area contributed by atoms with Crippen LogP contribution in [0.25, 0.3) is 0 Å². The summed E-state index contributed by atoms with van der Waals surface area (Å²) in [6.45, 7) is 1.32. The topological polar surface area (TPSA) is 44.3 Å². The molecule has 0 aliphatic carbocycles. The van der Waals surface area contributed by atoms with Crippen LogP contribution >= 0.6 is 0 Å². The van der Waals surface area contributed by atoms with Crippen LogP contribution in [-0.2, 0) is 6.18 Å². The number of nitrogens with one attached hydrogen (secondary N) is 2. The molecule has 2 aliphatic heterocycles. The summed E-state index contributed by atoms with van der Waals surface area (Å²) in [6, 6.07) is 4.20. The van der Waals surface area contributed by atoms with Crippen molar-refractivity contribution in [3.63, 3.8) is 0 Å². The van der Waals surface area contributed by atoms with Crippen LogP contribution in [0.4, 0.5) is 18.9 Å². The van der Waals surface area contributed by atoms with Crippen molar-refractivity contribution in [2.24, 2.45) is 0 Å². The van der Waals surface area contributed by atoms with Crippen LogP contribution in [0.15, 0.2) is 18.2 Å². The molecule has 3 rings (SSSR count). The average molecular weight is 314 g/mol. The first kappa shape index (κ1) is 15.6. The Labute approximate surface area is 127 Å². The van der Waals surface area contributed by atoms with Crippen LogP contribution < -0.4 is 10.6 Å². The van der Waals surface area contributed by atoms with Gasteiger partial charge < -0.3 is 15.7 Å². The fraction of sp³-hybridized carbons (Fsp3) is 0.625. The van der Waals surface area contributed by atoms with E-state index in [1.54, 1.807) is 6.07 Å². The second-order valence-electron chi connectivity index (χ2n) is 6.14. The van der Waals surface area contributed by atoms with Gasteiger partial charge in [0.05, 0.1) is 11.7 Å². The smallest absolute Gasteiger partial charge is 0.391 e. The number of hydrogen-bond acceptors (Lipinski definition) is 3. The van der Waals surface area contributed by atoms with Gasteiger partial charge in [0.2, 0.25) is 0 Å². The van der Waals surface area contributed by atoms with Crippen molar-refractivity contribution < 1.29 is 18.3 Å². The summed E-state index contributed by atoms with van der Waals surface area (Å²) in [5, 5.41) is 16.8. The van der Waals surface area contributed by atoms with Crippen LogP contribution in [0, 0.1) is 0 Å². The Bertz CT molecular complexity index is 527. The Balaban J connectivity index is 1.91. The Hall–Kier alpha value is -1.27. The third-order valence-electron chi connectivity index (χ3n) is 4.73. The highest BCUT2D eigenvalue weighted by Gasteiger charge is 2.39. The molecule has 1 aromatic rings. The predicted octanol–water partition coefficient (Wildman–Crippen LogP) is 3.11. The van der Waals surface area contributed by atoms with Gasteiger partial charge in [0.15, 0.2) is 0 Å². The summed E-state index contributed by atoms with van der Waals surface area (Å²) in [6.07, 6.45) is -1.37. The summed E-state index contributed by atoms with van der Waals surface area (Å²) < 4.78 is 39.4. The second-order valence-corrected chi connectivity index (χ2v) is 6.14. The molecule has 1 aromatic carbocycles. The van der Waals surface area contributed by atoms with Crippen molar-refractivity contribution in [2.75, 3.05) is 18.4 Å². The first-order valence-electron chi connectivity index (χ1n) is 7.84. The maximum Gasteiger partial charge on any atom is 0.418 e. The van der Waals surface area contributed by atoms with Gasteiger partial charge in [0.25, 0.3) is 0 Å². The first-order chi connectivity index (χ1) is 10.5. The molecule has 3 atom stereocenters. The normalized spacial score (nSPS) is 26.9. The molecule has 0 bridgehead atoms. The zero-order valence-corrected chi connectivity index (χ0v) is 12.3. The van der Waals surface area contributed by atoms with Gasteiger partial charge in [-0.2, -0.15) is 13.2 Å². The zero-order valence-electron chi connectivity index (χ0n) is 12.3. The van der Waals surface area contributed by atoms with Crippen LogP contribution in [-0.4, -0.2) is 30.3 Å². The molecule has 1 saturated heterocycles. The molecule has 2 aliphatic rings. The maximum atomic E-state index is 13.1. The van der Waals surface area contributed by atoms with Crippen LogP contribution in [0.5, 0.6) is 0 Å². The molecule has 3 N–H and O–H groups in total. The van der Waals surface area contributed by atoms with E-state index in [9.17, 15) is 18.3 Å². The minimum atomic E-state index is -4.38. The highest BCUT2D eigenvalue weighted by molar-refractivity contribution is 5.62. The van der Waals surface area contributed by atoms with Gasteiger partial charge in [0.1, 0.15) is 0 Å². The van der Waals surface area contributed by atoms with Crippen molar-refractivity contribution in [1.29, 1.82) is 0 Å². The van der Waals surface area contributed by atoms with Gasteiger partial charge in [0, 0.05) is 24.2 Å². The molecule has 2 heterocycles. The van der Waals surface area contributed by atoms with Gasteiger partial charge in [-0.15, -0.1) is 0 Å². The fourth-order valence-corrected chi connectivity index (χ4v) is 3.63. The number of hydrogen-bond donors (Lipinski definition) is 3. The highest BCUT2D eigenvalue weighted by Crippen LogP contribution is 2.43. The number of para-hydroxylation sites is 1. The quantitative estimate of drug-likeness (QED) is 0.786. The van der Waals surface area contributed by atoms with E-state index in [1.807, 2.05) is 0 Å². The zero-order chi connectivity index (χ0) is 15.7. The number of aliphatic hydroxyl groups excluding tert-OH is 1. The van der Waals surface area contributed by atoms with E-state index in [2.05, 4.69) is 10.6 Å². The number of piperidine rings is 1. The van der Waals surface area contributed by atoms with Gasteiger partial charge in [-0.1, -0.05) is 18.6 Å². The molecule has 22 heavy (non-hydrogen) atoms. The number of anilines is 1. The fourth-order valence-electron chi connectivity index (χ4n) is 3.63. The van der Waals surface area contributed by atoms with E-state index < -0.39 is 17.8 Å². The molecule has 122 valence electrons. The lowest BCUT2D eigenvalue weighted by Gasteiger charge is -2.37. The Kier molecular flexibility index (Phi) is 4.32. The van der Waals surface area contributed by atoms with Crippen molar-refractivity contribution in [3.05, 3.63) is 29.3 Å². The van der Waals surface area contributed by atoms with Crippen LogP contribution in [0.1, 0.15) is 42.7 Å². The van der Waals surface area contributed by atoms with Gasteiger partial charge in [-0.05, 0) is 37.4 Å². The maximum absolute atomic E-state index is 13.1. The van der Waals surface area contributed by atoms with Gasteiger partial charge in [-0.25, -0.2) is 0 Å². The Morgan fingerprint density at radius 2 is 1.95 bits per heavy atom. The standard InChI is InChI=1S/C16H21F3N2O/c17-16(18,19)12-5-3-4-10-11(7-9-21-14(10)12)15(22)13-6-1-2-8-20-13/h3-5,11,13,15,20-22H,1-2,6-9H2/t11-,13+,15-/m0/s1. The summed E-state index contributed by atoms with van der Waals surface area (Å²) >= 11 is 0. The molecule has 0 unspecified atom stereocenters. The lowest BCUT2D eigenvalue weighted by atomic mass is 9.80. The molecule has 6 heteroatoms. The third-order valence-corrected chi connectivity index (χ3v) is 4.73. The number of benzene rings is 1. The highest BCUT2D eigenvalue weighted by atomic mass is 19.4. The summed E-state index contributed by atoms with van der Waals surface area (Å²) in [5.74, 6) is -0.255. The second kappa shape index (κ2) is 6.08. The Morgan fingerprint density at radius 3 is 2.64 bits per heavy atom. The third kappa shape index (κ3) is 2.94. The minimum absolute atomic E-state index is 0.0285. The van der Waals surface area contributed by atoms with E-state index in [1.165, 1.54) is 6.07 Å². The molecular formula is C16H21F3N2O. The molecule has 0 aromatic heterocycles. The predicted molar refractivity (Wildman–Crippen MR) is 78.9 cm³/mol. The van der Waals surface area contributed by atoms with E-state index in [4.69, 9.17) is 0 Å². The van der Waals surface area contributed by atoms with E-state index in [0.717, 1.165) is 31.9 Å². The number of alkyl halides is 3. The minimum Gasteiger partial charge on any atom is -0.391 e. The number of aliphatic hydroxyl groups is 1. The molecular weight excluding hydrogens is 293 g/mol. The van der Waals surface area contributed by atoms with E-state index in [0.29, 0.717) is 18.5 Å². The molecule has 3 nitrogen and oxygen atoms in total. The summed E-state index contributed by atoms with van der Waals surface area (Å²) in [7, 11) is 0. The van der Waals surface area contributed by atoms with Crippen LogP contribution in [0.3, 0.4) is 0 Å². The van der Waals surface area contributed by atoms with E-state index >= 15 is 0 Å². The molecule has 0 amide bonds. The lowest BCUT2D eigenvalue weighted by molar-refractivity contribution is -0.137. The monoisotopic (exact) mass is 314 g/mol. The molecule has 1 fully saturated rings.